The van der Waals surface area contributed by atoms with Crippen molar-refractivity contribution in [3.8, 4) is 0 Å². The second kappa shape index (κ2) is 6.67. The lowest BCUT2D eigenvalue weighted by atomic mass is 10.4. The molecular weight excluding hydrogens is 334 g/mol. The molecule has 0 aliphatic carbocycles. The van der Waals surface area contributed by atoms with Gasteiger partial charge in [-0.2, -0.15) is 0 Å². The summed E-state index contributed by atoms with van der Waals surface area (Å²) < 4.78 is 26.8. The topological polar surface area (TPSA) is 110 Å². The molecule has 0 bridgehead atoms. The first-order chi connectivity index (χ1) is 9.96. The number of sulfonamides is 1. The van der Waals surface area contributed by atoms with E-state index in [0.717, 1.165) is 11.3 Å². The molecule has 0 saturated heterocycles. The minimum Gasteiger partial charge on any atom is -0.307 e. The van der Waals surface area contributed by atoms with Gasteiger partial charge in [0.15, 0.2) is 5.82 Å². The fourth-order valence-electron chi connectivity index (χ4n) is 1.51. The Kier molecular flexibility index (Phi) is 5.12. The molecule has 2 heterocycles. The van der Waals surface area contributed by atoms with E-state index in [2.05, 4.69) is 20.1 Å². The summed E-state index contributed by atoms with van der Waals surface area (Å²) in [6.45, 7) is 2.14. The third-order valence-corrected chi connectivity index (χ3v) is 5.42. The summed E-state index contributed by atoms with van der Waals surface area (Å²) in [5.74, 6) is 5.40. The summed E-state index contributed by atoms with van der Waals surface area (Å²) >= 11 is 7.34. The number of halogens is 1. The van der Waals surface area contributed by atoms with Crippen molar-refractivity contribution in [3.63, 3.8) is 0 Å². The molecule has 0 saturated carbocycles. The fourth-order valence-corrected chi connectivity index (χ4v) is 3.64. The van der Waals surface area contributed by atoms with E-state index in [-0.39, 0.29) is 22.3 Å². The lowest BCUT2D eigenvalue weighted by Crippen LogP contribution is -2.23. The molecule has 0 radical (unpaired) electrons. The monoisotopic (exact) mass is 347 g/mol. The van der Waals surface area contributed by atoms with Crippen LogP contribution in [0.4, 0.5) is 5.82 Å². The molecule has 7 nitrogen and oxygen atoms in total. The average Bonchev–Trinajstić information content (AvgIpc) is 2.93. The molecule has 2 aromatic heterocycles. The van der Waals surface area contributed by atoms with Gasteiger partial charge in [0, 0.05) is 17.3 Å². The van der Waals surface area contributed by atoms with Crippen LogP contribution in [0.3, 0.4) is 0 Å². The SMILES string of the molecule is CCc1cnc(CNS(=O)(=O)c2cnc(NN)c(Cl)c2)s1. The predicted octanol–water partition coefficient (Wildman–Crippen LogP) is 1.52. The van der Waals surface area contributed by atoms with Crippen molar-refractivity contribution in [2.24, 2.45) is 5.84 Å². The van der Waals surface area contributed by atoms with Gasteiger partial charge in [-0.15, -0.1) is 11.3 Å². The number of pyridine rings is 1. The maximum atomic E-state index is 12.1. The van der Waals surface area contributed by atoms with Crippen LogP contribution in [0.1, 0.15) is 16.8 Å². The van der Waals surface area contributed by atoms with Crippen molar-refractivity contribution in [1.82, 2.24) is 14.7 Å². The molecule has 0 amide bonds. The Morgan fingerprint density at radius 1 is 1.38 bits per heavy atom. The van der Waals surface area contributed by atoms with Crippen molar-refractivity contribution in [1.29, 1.82) is 0 Å². The molecule has 10 heteroatoms. The van der Waals surface area contributed by atoms with Gasteiger partial charge in [0.2, 0.25) is 10.0 Å². The second-order valence-electron chi connectivity index (χ2n) is 4.04. The molecule has 4 N–H and O–H groups in total. The molecule has 0 aliphatic rings. The fraction of sp³-hybridized carbons (Fsp3) is 0.273. The summed E-state index contributed by atoms with van der Waals surface area (Å²) in [7, 11) is -3.70. The molecule has 21 heavy (non-hydrogen) atoms. The van der Waals surface area contributed by atoms with Gasteiger partial charge in [0.05, 0.1) is 11.6 Å². The highest BCUT2D eigenvalue weighted by Gasteiger charge is 2.17. The lowest BCUT2D eigenvalue weighted by Gasteiger charge is -2.07. The molecule has 0 atom stereocenters. The van der Waals surface area contributed by atoms with Gasteiger partial charge in [-0.3, -0.25) is 0 Å². The van der Waals surface area contributed by atoms with Crippen LogP contribution < -0.4 is 16.0 Å². The minimum atomic E-state index is -3.70. The van der Waals surface area contributed by atoms with E-state index in [1.54, 1.807) is 6.20 Å². The number of thiazole rings is 1. The maximum absolute atomic E-state index is 12.1. The first-order valence-corrected chi connectivity index (χ1v) is 8.69. The molecule has 0 fully saturated rings. The summed E-state index contributed by atoms with van der Waals surface area (Å²) in [6, 6.07) is 1.28. The molecule has 0 aliphatic heterocycles. The van der Waals surface area contributed by atoms with Crippen LogP contribution in [0.15, 0.2) is 23.4 Å². The number of anilines is 1. The Hall–Kier alpha value is -1.26. The number of aryl methyl sites for hydroxylation is 1. The zero-order valence-electron chi connectivity index (χ0n) is 11.1. The average molecular weight is 348 g/mol. The van der Waals surface area contributed by atoms with Gasteiger partial charge in [0.25, 0.3) is 0 Å². The van der Waals surface area contributed by atoms with E-state index in [1.165, 1.54) is 23.6 Å². The zero-order chi connectivity index (χ0) is 15.5. The van der Waals surface area contributed by atoms with Gasteiger partial charge >= 0.3 is 0 Å². The molecule has 0 unspecified atom stereocenters. The number of nitrogens with zero attached hydrogens (tertiary/aromatic N) is 2. The van der Waals surface area contributed by atoms with E-state index in [4.69, 9.17) is 17.4 Å². The van der Waals surface area contributed by atoms with Crippen molar-refractivity contribution < 1.29 is 8.42 Å². The number of hydrogen-bond acceptors (Lipinski definition) is 7. The summed E-state index contributed by atoms with van der Waals surface area (Å²) in [6.07, 6.45) is 3.80. The van der Waals surface area contributed by atoms with Crippen molar-refractivity contribution in [2.75, 3.05) is 5.43 Å². The molecule has 114 valence electrons. The summed E-state index contributed by atoms with van der Waals surface area (Å²) in [5.41, 5.74) is 2.27. The van der Waals surface area contributed by atoms with Crippen molar-refractivity contribution in [3.05, 3.63) is 33.4 Å². The van der Waals surface area contributed by atoms with E-state index in [9.17, 15) is 8.42 Å². The highest BCUT2D eigenvalue weighted by atomic mass is 35.5. The Bertz CT molecular complexity index is 732. The Morgan fingerprint density at radius 3 is 2.71 bits per heavy atom. The highest BCUT2D eigenvalue weighted by molar-refractivity contribution is 7.89. The van der Waals surface area contributed by atoms with Crippen LogP contribution in [-0.2, 0) is 23.0 Å². The second-order valence-corrected chi connectivity index (χ2v) is 7.42. The Morgan fingerprint density at radius 2 is 2.14 bits per heavy atom. The maximum Gasteiger partial charge on any atom is 0.242 e. The smallest absolute Gasteiger partial charge is 0.242 e. The molecule has 0 spiro atoms. The number of aromatic nitrogens is 2. The first kappa shape index (κ1) is 16.1. The predicted molar refractivity (Wildman–Crippen MR) is 82.6 cm³/mol. The van der Waals surface area contributed by atoms with Gasteiger partial charge in [-0.1, -0.05) is 18.5 Å². The first-order valence-electron chi connectivity index (χ1n) is 6.01. The number of nitrogen functional groups attached to an aromatic ring is 1. The highest BCUT2D eigenvalue weighted by Crippen LogP contribution is 2.22. The van der Waals surface area contributed by atoms with E-state index < -0.39 is 10.0 Å². The van der Waals surface area contributed by atoms with E-state index >= 15 is 0 Å². The number of hydrogen-bond donors (Lipinski definition) is 3. The largest absolute Gasteiger partial charge is 0.307 e. The standard InChI is InChI=1S/C11H14ClN5O2S2/c1-2-7-4-14-10(20-7)6-16-21(18,19)8-3-9(12)11(17-13)15-5-8/h3-5,16H,2,6,13H2,1H3,(H,15,17). The third-order valence-electron chi connectivity index (χ3n) is 2.63. The van der Waals surface area contributed by atoms with Gasteiger partial charge < -0.3 is 5.43 Å². The third kappa shape index (κ3) is 3.89. The molecule has 2 aromatic rings. The number of hydrazine groups is 1. The number of nitrogens with one attached hydrogen (secondary N) is 2. The van der Waals surface area contributed by atoms with Crippen molar-refractivity contribution >= 4 is 38.8 Å². The van der Waals surface area contributed by atoms with Crippen LogP contribution in [0.5, 0.6) is 0 Å². The lowest BCUT2D eigenvalue weighted by molar-refractivity contribution is 0.580. The normalized spacial score (nSPS) is 11.6. The van der Waals surface area contributed by atoms with Gasteiger partial charge in [-0.25, -0.2) is 29.0 Å². The molecule has 0 aromatic carbocycles. The van der Waals surface area contributed by atoms with Crippen LogP contribution in [0.25, 0.3) is 0 Å². The van der Waals surface area contributed by atoms with Crippen molar-refractivity contribution in [2.45, 2.75) is 24.8 Å². The molecule has 2 rings (SSSR count). The quantitative estimate of drug-likeness (QED) is 0.539. The summed E-state index contributed by atoms with van der Waals surface area (Å²) in [5, 5.41) is 0.831. The van der Waals surface area contributed by atoms with Crippen LogP contribution >= 0.6 is 22.9 Å². The van der Waals surface area contributed by atoms with E-state index in [0.29, 0.717) is 5.01 Å². The Balaban J connectivity index is 2.12. The van der Waals surface area contributed by atoms with Crippen LogP contribution in [0, 0.1) is 0 Å². The minimum absolute atomic E-state index is 0.0289. The van der Waals surface area contributed by atoms with Gasteiger partial charge in [0.1, 0.15) is 9.90 Å². The van der Waals surface area contributed by atoms with Crippen LogP contribution in [0.2, 0.25) is 5.02 Å². The van der Waals surface area contributed by atoms with E-state index in [1.807, 2.05) is 6.92 Å². The number of nitrogens with two attached hydrogens (primary N) is 1. The zero-order valence-corrected chi connectivity index (χ0v) is 13.5. The van der Waals surface area contributed by atoms with Gasteiger partial charge in [-0.05, 0) is 12.5 Å². The summed E-state index contributed by atoms with van der Waals surface area (Å²) in [4.78, 5) is 9.06. The Labute approximate surface area is 131 Å². The van der Waals surface area contributed by atoms with Crippen LogP contribution in [-0.4, -0.2) is 18.4 Å². The molecular formula is C11H14ClN5O2S2. The number of rotatable bonds is 6.